The third-order valence-corrected chi connectivity index (χ3v) is 5.03. The number of carbonyl (C=O) groups excluding carboxylic acids is 2. The third-order valence-electron chi connectivity index (χ3n) is 5.03. The van der Waals surface area contributed by atoms with Crippen molar-refractivity contribution >= 4 is 23.6 Å². The molecule has 0 heterocycles. The highest BCUT2D eigenvalue weighted by atomic mass is 16.6. The standard InChI is InChI=1S/C27H30N2O4/c1-20-5-9-22(10-6-20)19-23-11-15-25(16-12-23)29-27(31)33-18-4-3-17-32-26(30)28-24-13-7-21(2)8-14-24/h5-16H,3-4,17-19H2,1-2H3,(H,28,30)(H,29,31). The van der Waals surface area contributed by atoms with Crippen molar-refractivity contribution in [1.29, 1.82) is 0 Å². The Hall–Kier alpha value is -3.80. The number of nitrogens with one attached hydrogen (secondary N) is 2. The molecule has 0 saturated carbocycles. The average molecular weight is 447 g/mol. The van der Waals surface area contributed by atoms with E-state index >= 15 is 0 Å². The van der Waals surface area contributed by atoms with E-state index in [9.17, 15) is 9.59 Å². The zero-order valence-electron chi connectivity index (χ0n) is 19.1. The van der Waals surface area contributed by atoms with Gasteiger partial charge in [-0.25, -0.2) is 9.59 Å². The van der Waals surface area contributed by atoms with E-state index in [1.807, 2.05) is 55.5 Å². The molecular formula is C27H30N2O4. The van der Waals surface area contributed by atoms with E-state index in [0.717, 1.165) is 12.0 Å². The molecule has 0 aliphatic heterocycles. The molecule has 2 N–H and O–H groups in total. The van der Waals surface area contributed by atoms with Crippen LogP contribution >= 0.6 is 0 Å². The highest BCUT2D eigenvalue weighted by Crippen LogP contribution is 2.15. The van der Waals surface area contributed by atoms with E-state index in [1.54, 1.807) is 0 Å². The van der Waals surface area contributed by atoms with Gasteiger partial charge in [-0.3, -0.25) is 10.6 Å². The average Bonchev–Trinajstić information content (AvgIpc) is 2.80. The molecule has 2 amide bonds. The fourth-order valence-electron chi connectivity index (χ4n) is 3.13. The first kappa shape index (κ1) is 23.9. The van der Waals surface area contributed by atoms with Gasteiger partial charge in [0.2, 0.25) is 0 Å². The van der Waals surface area contributed by atoms with Crippen LogP contribution in [0.4, 0.5) is 21.0 Å². The third kappa shape index (κ3) is 8.69. The van der Waals surface area contributed by atoms with Gasteiger partial charge in [0.05, 0.1) is 13.2 Å². The van der Waals surface area contributed by atoms with E-state index in [1.165, 1.54) is 16.7 Å². The number of anilines is 2. The number of benzene rings is 3. The summed E-state index contributed by atoms with van der Waals surface area (Å²) in [6.07, 6.45) is 1.04. The molecule has 3 rings (SSSR count). The number of carbonyl (C=O) groups is 2. The van der Waals surface area contributed by atoms with Crippen molar-refractivity contribution in [2.24, 2.45) is 0 Å². The summed E-state index contributed by atoms with van der Waals surface area (Å²) in [6.45, 7) is 4.56. The second-order valence-electron chi connectivity index (χ2n) is 7.95. The molecule has 0 aromatic heterocycles. The largest absolute Gasteiger partial charge is 0.449 e. The number of rotatable bonds is 9. The zero-order chi connectivity index (χ0) is 23.5. The monoisotopic (exact) mass is 446 g/mol. The predicted molar refractivity (Wildman–Crippen MR) is 131 cm³/mol. The highest BCUT2D eigenvalue weighted by Gasteiger charge is 2.05. The molecule has 6 heteroatoms. The fraction of sp³-hybridized carbons (Fsp3) is 0.259. The lowest BCUT2D eigenvalue weighted by atomic mass is 10.0. The van der Waals surface area contributed by atoms with Crippen molar-refractivity contribution in [2.45, 2.75) is 33.1 Å². The van der Waals surface area contributed by atoms with Gasteiger partial charge in [0.15, 0.2) is 0 Å². The summed E-state index contributed by atoms with van der Waals surface area (Å²) in [5, 5.41) is 5.39. The summed E-state index contributed by atoms with van der Waals surface area (Å²) in [7, 11) is 0. The van der Waals surface area contributed by atoms with Gasteiger partial charge in [0.1, 0.15) is 0 Å². The van der Waals surface area contributed by atoms with Gasteiger partial charge >= 0.3 is 12.2 Å². The van der Waals surface area contributed by atoms with Gasteiger partial charge in [-0.15, -0.1) is 0 Å². The van der Waals surface area contributed by atoms with Crippen LogP contribution in [0, 0.1) is 13.8 Å². The van der Waals surface area contributed by atoms with Crippen LogP contribution in [0.5, 0.6) is 0 Å². The van der Waals surface area contributed by atoms with Crippen molar-refractivity contribution in [3.8, 4) is 0 Å². The Kier molecular flexibility index (Phi) is 8.88. The van der Waals surface area contributed by atoms with Crippen molar-refractivity contribution in [3.05, 3.63) is 95.1 Å². The SMILES string of the molecule is Cc1ccc(Cc2ccc(NC(=O)OCCCCOC(=O)Nc3ccc(C)cc3)cc2)cc1. The first-order valence-electron chi connectivity index (χ1n) is 11.1. The van der Waals surface area contributed by atoms with Gasteiger partial charge in [0.25, 0.3) is 0 Å². The molecule has 0 spiro atoms. The zero-order valence-corrected chi connectivity index (χ0v) is 19.1. The van der Waals surface area contributed by atoms with E-state index < -0.39 is 12.2 Å². The normalized spacial score (nSPS) is 10.4. The van der Waals surface area contributed by atoms with Gasteiger partial charge in [0, 0.05) is 11.4 Å². The molecule has 0 unspecified atom stereocenters. The van der Waals surface area contributed by atoms with E-state index in [-0.39, 0.29) is 13.2 Å². The Bertz CT molecular complexity index is 1030. The van der Waals surface area contributed by atoms with Crippen LogP contribution in [0.3, 0.4) is 0 Å². The van der Waals surface area contributed by atoms with Crippen LogP contribution in [0.15, 0.2) is 72.8 Å². The van der Waals surface area contributed by atoms with Crippen LogP contribution in [0.1, 0.15) is 35.1 Å². The molecule has 0 aliphatic rings. The quantitative estimate of drug-likeness (QED) is 0.369. The molecule has 3 aromatic carbocycles. The Labute approximate surface area is 194 Å². The first-order chi connectivity index (χ1) is 16.0. The lowest BCUT2D eigenvalue weighted by Gasteiger charge is -2.09. The summed E-state index contributed by atoms with van der Waals surface area (Å²) in [5.74, 6) is 0. The lowest BCUT2D eigenvalue weighted by Crippen LogP contribution is -2.16. The van der Waals surface area contributed by atoms with Gasteiger partial charge in [-0.05, 0) is 68.5 Å². The Morgan fingerprint density at radius 2 is 0.970 bits per heavy atom. The van der Waals surface area contributed by atoms with Gasteiger partial charge < -0.3 is 9.47 Å². The second-order valence-corrected chi connectivity index (χ2v) is 7.95. The number of aryl methyl sites for hydroxylation is 2. The van der Waals surface area contributed by atoms with Crippen LogP contribution < -0.4 is 10.6 Å². The number of amides is 2. The van der Waals surface area contributed by atoms with Crippen LogP contribution in [-0.4, -0.2) is 25.4 Å². The Balaban J connectivity index is 1.27. The molecule has 0 aliphatic carbocycles. The van der Waals surface area contributed by atoms with E-state index in [0.29, 0.717) is 24.2 Å². The van der Waals surface area contributed by atoms with Crippen molar-refractivity contribution in [2.75, 3.05) is 23.8 Å². The molecule has 0 fully saturated rings. The summed E-state index contributed by atoms with van der Waals surface area (Å²) in [6, 6.07) is 23.7. The lowest BCUT2D eigenvalue weighted by molar-refractivity contribution is 0.143. The van der Waals surface area contributed by atoms with E-state index in [2.05, 4.69) is 41.8 Å². The summed E-state index contributed by atoms with van der Waals surface area (Å²) in [5.41, 5.74) is 6.15. The number of hydrogen-bond acceptors (Lipinski definition) is 4. The maximum Gasteiger partial charge on any atom is 0.411 e. The smallest absolute Gasteiger partial charge is 0.411 e. The van der Waals surface area contributed by atoms with Gasteiger partial charge in [-0.2, -0.15) is 0 Å². The molecule has 0 atom stereocenters. The maximum absolute atomic E-state index is 12.0. The summed E-state index contributed by atoms with van der Waals surface area (Å²) < 4.78 is 10.3. The second kappa shape index (κ2) is 12.3. The molecule has 3 aromatic rings. The van der Waals surface area contributed by atoms with Crippen molar-refractivity contribution < 1.29 is 19.1 Å². The minimum Gasteiger partial charge on any atom is -0.449 e. The van der Waals surface area contributed by atoms with Crippen LogP contribution in [0.25, 0.3) is 0 Å². The Morgan fingerprint density at radius 1 is 0.606 bits per heavy atom. The van der Waals surface area contributed by atoms with Crippen molar-refractivity contribution in [3.63, 3.8) is 0 Å². The Morgan fingerprint density at radius 3 is 1.42 bits per heavy atom. The van der Waals surface area contributed by atoms with Crippen molar-refractivity contribution in [1.82, 2.24) is 0 Å². The molecule has 0 radical (unpaired) electrons. The minimum absolute atomic E-state index is 0.250. The molecule has 0 bridgehead atoms. The van der Waals surface area contributed by atoms with Crippen LogP contribution in [0.2, 0.25) is 0 Å². The molecular weight excluding hydrogens is 416 g/mol. The predicted octanol–water partition coefficient (Wildman–Crippen LogP) is 6.47. The summed E-state index contributed by atoms with van der Waals surface area (Å²) in [4.78, 5) is 23.7. The highest BCUT2D eigenvalue weighted by molar-refractivity contribution is 5.85. The molecule has 6 nitrogen and oxygen atoms in total. The fourth-order valence-corrected chi connectivity index (χ4v) is 3.13. The maximum atomic E-state index is 12.0. The first-order valence-corrected chi connectivity index (χ1v) is 11.1. The topological polar surface area (TPSA) is 76.7 Å². The number of hydrogen-bond donors (Lipinski definition) is 2. The number of ether oxygens (including phenoxy) is 2. The van der Waals surface area contributed by atoms with E-state index in [4.69, 9.17) is 9.47 Å². The summed E-state index contributed by atoms with van der Waals surface area (Å²) >= 11 is 0. The van der Waals surface area contributed by atoms with Crippen LogP contribution in [-0.2, 0) is 15.9 Å². The molecule has 172 valence electrons. The van der Waals surface area contributed by atoms with Gasteiger partial charge in [-0.1, -0.05) is 59.7 Å². The molecule has 0 saturated heterocycles. The minimum atomic E-state index is -0.501. The number of unbranched alkanes of at least 4 members (excludes halogenated alkanes) is 1. The molecule has 33 heavy (non-hydrogen) atoms.